The second-order valence-corrected chi connectivity index (χ2v) is 6.82. The Labute approximate surface area is 173 Å². The summed E-state index contributed by atoms with van der Waals surface area (Å²) in [6, 6.07) is 4.95. The van der Waals surface area contributed by atoms with Gasteiger partial charge in [-0.1, -0.05) is 32.6 Å². The Balaban J connectivity index is 0.00000106. The molecule has 5 rings (SSSR count). The van der Waals surface area contributed by atoms with Crippen LogP contribution in [0, 0.1) is 0 Å². The van der Waals surface area contributed by atoms with Gasteiger partial charge in [-0.15, -0.1) is 0 Å². The maximum atomic E-state index is 12.6. The second kappa shape index (κ2) is 6.91. The number of aromatic amines is 1. The summed E-state index contributed by atoms with van der Waals surface area (Å²) in [7, 11) is 1.86. The summed E-state index contributed by atoms with van der Waals surface area (Å²) in [4.78, 5) is 28.6. The Bertz CT molecular complexity index is 1420. The Morgan fingerprint density at radius 2 is 1.80 bits per heavy atom. The predicted molar refractivity (Wildman–Crippen MR) is 120 cm³/mol. The SMILES string of the molecule is C=Cc1[nH]c2c(c1/C=C\C)c1c(c3c4ccc(O)cc4n(C)c23)C(=O)OC1=O.CC. The minimum atomic E-state index is -0.653. The van der Waals surface area contributed by atoms with Crippen molar-refractivity contribution in [3.8, 4) is 5.75 Å². The number of nitrogens with zero attached hydrogens (tertiary/aromatic N) is 1. The number of hydrogen-bond acceptors (Lipinski definition) is 4. The van der Waals surface area contributed by atoms with E-state index >= 15 is 0 Å². The third kappa shape index (κ3) is 2.37. The molecule has 0 aliphatic carbocycles. The van der Waals surface area contributed by atoms with E-state index in [0.717, 1.165) is 33.2 Å². The number of aromatic hydroxyl groups is 1. The van der Waals surface area contributed by atoms with Crippen molar-refractivity contribution in [2.75, 3.05) is 0 Å². The zero-order valence-corrected chi connectivity index (χ0v) is 17.3. The van der Waals surface area contributed by atoms with Crippen LogP contribution in [-0.2, 0) is 11.8 Å². The number of allylic oxidation sites excluding steroid dienone is 1. The van der Waals surface area contributed by atoms with Crippen LogP contribution in [0.3, 0.4) is 0 Å². The van der Waals surface area contributed by atoms with Gasteiger partial charge in [0.25, 0.3) is 0 Å². The monoisotopic (exact) mass is 402 g/mol. The van der Waals surface area contributed by atoms with Crippen LogP contribution in [0.15, 0.2) is 30.9 Å². The maximum absolute atomic E-state index is 12.6. The summed E-state index contributed by atoms with van der Waals surface area (Å²) in [5.74, 6) is -1.18. The van der Waals surface area contributed by atoms with Gasteiger partial charge in [0, 0.05) is 40.5 Å². The first-order chi connectivity index (χ1) is 14.5. The van der Waals surface area contributed by atoms with Crippen LogP contribution in [0.4, 0.5) is 0 Å². The molecule has 0 unspecified atom stereocenters. The molecule has 6 heteroatoms. The summed E-state index contributed by atoms with van der Waals surface area (Å²) in [6.45, 7) is 9.75. The van der Waals surface area contributed by atoms with Crippen LogP contribution >= 0.6 is 0 Å². The summed E-state index contributed by atoms with van der Waals surface area (Å²) in [5.41, 5.74) is 4.31. The van der Waals surface area contributed by atoms with Crippen molar-refractivity contribution in [2.45, 2.75) is 20.8 Å². The molecule has 30 heavy (non-hydrogen) atoms. The van der Waals surface area contributed by atoms with Crippen molar-refractivity contribution < 1.29 is 19.4 Å². The Morgan fingerprint density at radius 1 is 1.13 bits per heavy atom. The van der Waals surface area contributed by atoms with E-state index in [2.05, 4.69) is 11.6 Å². The Kier molecular flexibility index (Phi) is 4.50. The van der Waals surface area contributed by atoms with Crippen LogP contribution in [0.25, 0.3) is 44.9 Å². The second-order valence-electron chi connectivity index (χ2n) is 6.82. The molecule has 1 aliphatic rings. The summed E-state index contributed by atoms with van der Waals surface area (Å²) >= 11 is 0. The number of nitrogens with one attached hydrogen (secondary N) is 1. The van der Waals surface area contributed by atoms with Gasteiger partial charge in [0.2, 0.25) is 0 Å². The number of aromatic nitrogens is 2. The summed E-state index contributed by atoms with van der Waals surface area (Å²) in [5, 5.41) is 12.0. The van der Waals surface area contributed by atoms with Crippen LogP contribution < -0.4 is 0 Å². The zero-order chi connectivity index (χ0) is 21.7. The van der Waals surface area contributed by atoms with Crippen molar-refractivity contribution in [2.24, 2.45) is 7.05 Å². The lowest BCUT2D eigenvalue weighted by molar-refractivity contribution is 0.0445. The average Bonchev–Trinajstić information content (AvgIpc) is 3.34. The number of benzene rings is 2. The molecule has 6 nitrogen and oxygen atoms in total. The highest BCUT2D eigenvalue weighted by Gasteiger charge is 2.38. The Hall–Kier alpha value is -3.80. The van der Waals surface area contributed by atoms with E-state index in [0.29, 0.717) is 10.8 Å². The van der Waals surface area contributed by atoms with Crippen molar-refractivity contribution in [1.82, 2.24) is 9.55 Å². The number of phenolic OH excluding ortho intramolecular Hbond substituents is 1. The maximum Gasteiger partial charge on any atom is 0.347 e. The van der Waals surface area contributed by atoms with E-state index in [1.165, 1.54) is 0 Å². The lowest BCUT2D eigenvalue weighted by Gasteiger charge is -2.04. The van der Waals surface area contributed by atoms with Crippen LogP contribution in [0.5, 0.6) is 5.75 Å². The van der Waals surface area contributed by atoms with Crippen molar-refractivity contribution in [3.63, 3.8) is 0 Å². The molecule has 3 heterocycles. The quantitative estimate of drug-likeness (QED) is 0.341. The molecule has 2 aromatic carbocycles. The van der Waals surface area contributed by atoms with E-state index in [9.17, 15) is 14.7 Å². The largest absolute Gasteiger partial charge is 0.508 e. The molecule has 0 amide bonds. The number of cyclic esters (lactones) is 2. The standard InChI is InChI=1S/C22H16N2O4.C2H6/c1-4-6-11-13(5-2)23-19-15(11)17-18(22(27)28-21(17)26)16-12-8-7-10(25)9-14(12)24(3)20(16)19;1-2/h4-9,23,25H,2H2,1,3H3;1-2H3/b6-4-;. The van der Waals surface area contributed by atoms with Crippen LogP contribution in [-0.4, -0.2) is 26.6 Å². The molecule has 0 spiro atoms. The molecule has 152 valence electrons. The topological polar surface area (TPSA) is 84.3 Å². The van der Waals surface area contributed by atoms with Gasteiger partial charge in [-0.3, -0.25) is 0 Å². The van der Waals surface area contributed by atoms with Crippen molar-refractivity contribution in [3.05, 3.63) is 53.2 Å². The molecular formula is C24H22N2O4. The fraction of sp³-hybridized carbons (Fsp3) is 0.167. The molecule has 0 saturated heterocycles. The van der Waals surface area contributed by atoms with Gasteiger partial charge in [0.05, 0.1) is 27.7 Å². The van der Waals surface area contributed by atoms with Crippen LogP contribution in [0.1, 0.15) is 52.7 Å². The van der Waals surface area contributed by atoms with Crippen LogP contribution in [0.2, 0.25) is 0 Å². The normalized spacial score (nSPS) is 13.2. The lowest BCUT2D eigenvalue weighted by atomic mass is 9.95. The van der Waals surface area contributed by atoms with E-state index in [1.54, 1.807) is 24.3 Å². The number of hydrogen-bond donors (Lipinski definition) is 2. The highest BCUT2D eigenvalue weighted by molar-refractivity contribution is 6.34. The van der Waals surface area contributed by atoms with E-state index in [4.69, 9.17) is 4.74 Å². The molecule has 0 fully saturated rings. The third-order valence-corrected chi connectivity index (χ3v) is 5.37. The first-order valence-electron chi connectivity index (χ1n) is 9.82. The molecule has 0 saturated carbocycles. The van der Waals surface area contributed by atoms with Gasteiger partial charge in [-0.25, -0.2) is 9.59 Å². The highest BCUT2D eigenvalue weighted by Crippen LogP contribution is 2.44. The molecule has 4 aromatic rings. The Morgan fingerprint density at radius 3 is 2.43 bits per heavy atom. The van der Waals surface area contributed by atoms with E-state index in [1.807, 2.05) is 44.5 Å². The number of esters is 2. The molecule has 0 bridgehead atoms. The van der Waals surface area contributed by atoms with Crippen molar-refractivity contribution in [1.29, 1.82) is 0 Å². The highest BCUT2D eigenvalue weighted by atomic mass is 16.6. The number of aryl methyl sites for hydroxylation is 1. The summed E-state index contributed by atoms with van der Waals surface area (Å²) < 4.78 is 6.91. The molecule has 0 radical (unpaired) electrons. The summed E-state index contributed by atoms with van der Waals surface area (Å²) in [6.07, 6.45) is 5.44. The number of carbonyl (C=O) groups excluding carboxylic acids is 2. The first-order valence-corrected chi connectivity index (χ1v) is 9.82. The number of phenols is 1. The zero-order valence-electron chi connectivity index (χ0n) is 17.3. The molecule has 1 aliphatic heterocycles. The molecule has 0 atom stereocenters. The van der Waals surface area contributed by atoms with E-state index in [-0.39, 0.29) is 16.9 Å². The lowest BCUT2D eigenvalue weighted by Crippen LogP contribution is -1.97. The average molecular weight is 402 g/mol. The van der Waals surface area contributed by atoms with E-state index < -0.39 is 11.9 Å². The predicted octanol–water partition coefficient (Wildman–Crippen LogP) is 5.53. The third-order valence-electron chi connectivity index (χ3n) is 5.37. The van der Waals surface area contributed by atoms with Gasteiger partial charge >= 0.3 is 11.9 Å². The smallest absolute Gasteiger partial charge is 0.347 e. The number of rotatable bonds is 2. The fourth-order valence-corrected chi connectivity index (χ4v) is 4.29. The molecule has 2 N–H and O–H groups in total. The van der Waals surface area contributed by atoms with Crippen molar-refractivity contribution >= 4 is 56.8 Å². The number of carbonyl (C=O) groups is 2. The van der Waals surface area contributed by atoms with Gasteiger partial charge in [0.15, 0.2) is 0 Å². The first kappa shape index (κ1) is 19.5. The van der Waals surface area contributed by atoms with Gasteiger partial charge in [-0.05, 0) is 25.1 Å². The molecule has 2 aromatic heterocycles. The number of fused-ring (bicyclic) bond motifs is 8. The minimum absolute atomic E-state index is 0.123. The van der Waals surface area contributed by atoms with Gasteiger partial charge in [0.1, 0.15) is 5.75 Å². The van der Waals surface area contributed by atoms with Gasteiger partial charge < -0.3 is 19.4 Å². The van der Waals surface area contributed by atoms with Gasteiger partial charge in [-0.2, -0.15) is 0 Å². The number of ether oxygens (including phenoxy) is 1. The fourth-order valence-electron chi connectivity index (χ4n) is 4.29. The molecular weight excluding hydrogens is 380 g/mol. The number of H-pyrrole nitrogens is 1. The minimum Gasteiger partial charge on any atom is -0.508 e.